The molecule has 0 aliphatic carbocycles. The fraction of sp³-hybridized carbons (Fsp3) is 0.136. The van der Waals surface area contributed by atoms with E-state index >= 15 is 0 Å². The van der Waals surface area contributed by atoms with Gasteiger partial charge in [0.25, 0.3) is 0 Å². The van der Waals surface area contributed by atoms with Gasteiger partial charge in [-0.2, -0.15) is 5.26 Å². The molecule has 6 heteroatoms. The fourth-order valence-corrected chi connectivity index (χ4v) is 2.63. The maximum Gasteiger partial charge on any atom is 0.182 e. The summed E-state index contributed by atoms with van der Waals surface area (Å²) >= 11 is 0. The van der Waals surface area contributed by atoms with E-state index in [0.717, 1.165) is 16.7 Å². The van der Waals surface area contributed by atoms with Gasteiger partial charge in [-0.15, -0.1) is 12.4 Å². The van der Waals surface area contributed by atoms with Crippen molar-refractivity contribution in [2.75, 3.05) is 6.54 Å². The highest BCUT2D eigenvalue weighted by Crippen LogP contribution is 2.20. The molecule has 1 heterocycles. The van der Waals surface area contributed by atoms with Crippen molar-refractivity contribution < 1.29 is 4.74 Å². The Morgan fingerprint density at radius 2 is 1.75 bits per heavy atom. The number of nitrogens with one attached hydrogen (secondary N) is 1. The molecule has 0 aliphatic rings. The molecule has 2 aromatic carbocycles. The van der Waals surface area contributed by atoms with Crippen LogP contribution in [0.3, 0.4) is 0 Å². The number of amidine groups is 1. The van der Waals surface area contributed by atoms with Crippen LogP contribution in [0.1, 0.15) is 22.8 Å². The van der Waals surface area contributed by atoms with Crippen LogP contribution in [-0.2, 0) is 11.3 Å². The predicted octanol–water partition coefficient (Wildman–Crippen LogP) is 4.28. The van der Waals surface area contributed by atoms with E-state index < -0.39 is 0 Å². The van der Waals surface area contributed by atoms with Gasteiger partial charge in [0.1, 0.15) is 11.9 Å². The number of hydrogen-bond acceptors (Lipinski definition) is 4. The van der Waals surface area contributed by atoms with Crippen molar-refractivity contribution in [1.82, 2.24) is 10.3 Å². The maximum atomic E-state index is 9.04. The van der Waals surface area contributed by atoms with Crippen molar-refractivity contribution in [2.45, 2.75) is 12.7 Å². The third kappa shape index (κ3) is 6.20. The summed E-state index contributed by atoms with van der Waals surface area (Å²) in [5.41, 5.74) is 2.90. The predicted molar refractivity (Wildman–Crippen MR) is 112 cm³/mol. The Balaban J connectivity index is 0.00000280. The summed E-state index contributed by atoms with van der Waals surface area (Å²) in [6, 6.07) is 23.7. The third-order valence-electron chi connectivity index (χ3n) is 3.99. The van der Waals surface area contributed by atoms with Crippen molar-refractivity contribution >= 4 is 18.2 Å². The van der Waals surface area contributed by atoms with Gasteiger partial charge in [-0.05, 0) is 23.3 Å². The summed E-state index contributed by atoms with van der Waals surface area (Å²) in [6.45, 7) is 0.875. The van der Waals surface area contributed by atoms with Gasteiger partial charge in [0.15, 0.2) is 6.19 Å². The molecule has 1 atom stereocenters. The second kappa shape index (κ2) is 11.5. The first kappa shape index (κ1) is 21.1. The Labute approximate surface area is 171 Å². The first-order chi connectivity index (χ1) is 13.4. The summed E-state index contributed by atoms with van der Waals surface area (Å²) in [5.74, 6) is 0.481. The largest absolute Gasteiger partial charge is 0.367 e. The minimum atomic E-state index is -0.224. The average molecular weight is 393 g/mol. The average Bonchev–Trinajstić information content (AvgIpc) is 2.75. The maximum absolute atomic E-state index is 9.04. The zero-order chi connectivity index (χ0) is 18.7. The lowest BCUT2D eigenvalue weighted by Gasteiger charge is -2.17. The molecule has 0 radical (unpaired) electrons. The van der Waals surface area contributed by atoms with Crippen molar-refractivity contribution in [2.24, 2.45) is 4.99 Å². The quantitative estimate of drug-likeness (QED) is 0.282. The lowest BCUT2D eigenvalue weighted by molar-refractivity contribution is 0.0460. The monoisotopic (exact) mass is 392 g/mol. The summed E-state index contributed by atoms with van der Waals surface area (Å²) in [7, 11) is 0. The molecule has 0 spiro atoms. The molecule has 0 amide bonds. The number of rotatable bonds is 7. The number of aliphatic imine (C=N–C) groups is 1. The molecule has 0 bridgehead atoms. The van der Waals surface area contributed by atoms with Crippen molar-refractivity contribution in [3.05, 3.63) is 102 Å². The van der Waals surface area contributed by atoms with Crippen LogP contribution in [0.15, 0.2) is 90.2 Å². The van der Waals surface area contributed by atoms with Gasteiger partial charge >= 0.3 is 0 Å². The zero-order valence-electron chi connectivity index (χ0n) is 15.2. The Kier molecular flexibility index (Phi) is 8.67. The molecular weight excluding hydrogens is 372 g/mol. The second-order valence-corrected chi connectivity index (χ2v) is 5.86. The van der Waals surface area contributed by atoms with Crippen LogP contribution in [-0.4, -0.2) is 17.4 Å². The normalized spacial score (nSPS) is 11.8. The Morgan fingerprint density at radius 3 is 2.39 bits per heavy atom. The smallest absolute Gasteiger partial charge is 0.182 e. The topological polar surface area (TPSA) is 70.3 Å². The van der Waals surface area contributed by atoms with Gasteiger partial charge in [0.05, 0.1) is 13.2 Å². The molecule has 0 aliphatic heterocycles. The van der Waals surface area contributed by atoms with Gasteiger partial charge < -0.3 is 4.74 Å². The molecule has 3 aromatic rings. The van der Waals surface area contributed by atoms with Gasteiger partial charge in [-0.1, -0.05) is 60.7 Å². The molecule has 142 valence electrons. The zero-order valence-corrected chi connectivity index (χ0v) is 16.0. The highest BCUT2D eigenvalue weighted by Gasteiger charge is 2.13. The Hall–Kier alpha value is -3.20. The van der Waals surface area contributed by atoms with Gasteiger partial charge in [-0.3, -0.25) is 15.3 Å². The van der Waals surface area contributed by atoms with Crippen molar-refractivity contribution in [1.29, 1.82) is 5.26 Å². The lowest BCUT2D eigenvalue weighted by Crippen LogP contribution is -2.21. The molecule has 1 unspecified atom stereocenters. The van der Waals surface area contributed by atoms with Crippen LogP contribution in [0.25, 0.3) is 0 Å². The van der Waals surface area contributed by atoms with Crippen LogP contribution in [0.2, 0.25) is 0 Å². The highest BCUT2D eigenvalue weighted by atomic mass is 35.5. The SMILES string of the molecule is Cl.N#CNC(=NCC(OCc1ccccc1)c1ccccc1)c1cccnc1. The molecule has 5 nitrogen and oxygen atoms in total. The van der Waals surface area contributed by atoms with E-state index in [-0.39, 0.29) is 18.5 Å². The summed E-state index contributed by atoms with van der Waals surface area (Å²) in [4.78, 5) is 8.68. The highest BCUT2D eigenvalue weighted by molar-refractivity contribution is 5.99. The standard InChI is InChI=1S/C22H20N4O.ClH/c23-17-26-22(20-12-7-13-24-14-20)25-15-21(19-10-5-2-6-11-19)27-16-18-8-3-1-4-9-18;/h1-14,21H,15-16H2,(H,25,26);1H. The molecule has 1 N–H and O–H groups in total. The number of hydrogen-bond donors (Lipinski definition) is 1. The molecule has 0 saturated carbocycles. The lowest BCUT2D eigenvalue weighted by atomic mass is 10.1. The fourth-order valence-electron chi connectivity index (χ4n) is 2.63. The summed E-state index contributed by atoms with van der Waals surface area (Å²) in [5, 5.41) is 11.7. The Bertz CT molecular complexity index is 896. The number of nitriles is 1. The molecule has 0 fully saturated rings. The van der Waals surface area contributed by atoms with Gasteiger partial charge in [0, 0.05) is 18.0 Å². The first-order valence-electron chi connectivity index (χ1n) is 8.67. The third-order valence-corrected chi connectivity index (χ3v) is 3.99. The molecule has 28 heavy (non-hydrogen) atoms. The molecular formula is C22H21ClN4O. The van der Waals surface area contributed by atoms with Crippen LogP contribution in [0.5, 0.6) is 0 Å². The van der Waals surface area contributed by atoms with E-state index in [9.17, 15) is 0 Å². The van der Waals surface area contributed by atoms with Crippen LogP contribution < -0.4 is 5.32 Å². The minimum Gasteiger partial charge on any atom is -0.367 e. The number of pyridine rings is 1. The number of ether oxygens (including phenoxy) is 1. The van der Waals surface area contributed by atoms with Crippen LogP contribution in [0.4, 0.5) is 0 Å². The molecule has 0 saturated heterocycles. The van der Waals surface area contributed by atoms with E-state index in [1.807, 2.05) is 79.0 Å². The van der Waals surface area contributed by atoms with Crippen LogP contribution >= 0.6 is 12.4 Å². The first-order valence-corrected chi connectivity index (χ1v) is 8.67. The number of benzene rings is 2. The minimum absolute atomic E-state index is 0. The molecule has 3 rings (SSSR count). The summed E-state index contributed by atoms with van der Waals surface area (Å²) in [6.07, 6.45) is 5.07. The summed E-state index contributed by atoms with van der Waals surface area (Å²) < 4.78 is 6.15. The number of aromatic nitrogens is 1. The van der Waals surface area contributed by atoms with Crippen molar-refractivity contribution in [3.63, 3.8) is 0 Å². The van der Waals surface area contributed by atoms with E-state index in [1.54, 1.807) is 12.4 Å². The van der Waals surface area contributed by atoms with Gasteiger partial charge in [-0.25, -0.2) is 0 Å². The van der Waals surface area contributed by atoms with E-state index in [4.69, 9.17) is 10.00 Å². The van der Waals surface area contributed by atoms with Crippen molar-refractivity contribution in [3.8, 4) is 6.19 Å². The number of halogens is 1. The second-order valence-electron chi connectivity index (χ2n) is 5.86. The number of nitrogens with zero attached hydrogens (tertiary/aromatic N) is 3. The van der Waals surface area contributed by atoms with Crippen LogP contribution in [0, 0.1) is 11.5 Å². The Morgan fingerprint density at radius 1 is 1.04 bits per heavy atom. The van der Waals surface area contributed by atoms with E-state index in [0.29, 0.717) is 19.0 Å². The van der Waals surface area contributed by atoms with E-state index in [2.05, 4.69) is 15.3 Å². The molecule has 1 aromatic heterocycles. The van der Waals surface area contributed by atoms with Gasteiger partial charge in [0.2, 0.25) is 0 Å². The van der Waals surface area contributed by atoms with E-state index in [1.165, 1.54) is 0 Å².